The number of benzene rings is 1. The van der Waals surface area contributed by atoms with Gasteiger partial charge in [-0.1, -0.05) is 0 Å². The van der Waals surface area contributed by atoms with E-state index < -0.39 is 11.7 Å². The van der Waals surface area contributed by atoms with Crippen LogP contribution in [0.4, 0.5) is 4.79 Å². The van der Waals surface area contributed by atoms with E-state index in [9.17, 15) is 14.4 Å². The summed E-state index contributed by atoms with van der Waals surface area (Å²) in [6.07, 6.45) is 0.474. The van der Waals surface area contributed by atoms with Crippen molar-refractivity contribution in [2.75, 3.05) is 20.2 Å². The number of methoxy groups -OCH3 is 1. The molecular formula is C21H32N2O5. The molecule has 1 aromatic rings. The number of rotatable bonds is 9. The van der Waals surface area contributed by atoms with Crippen LogP contribution in [-0.2, 0) is 9.53 Å². The van der Waals surface area contributed by atoms with Crippen molar-refractivity contribution in [2.24, 2.45) is 0 Å². The monoisotopic (exact) mass is 392 g/mol. The van der Waals surface area contributed by atoms with E-state index in [0.717, 1.165) is 0 Å². The molecule has 1 unspecified atom stereocenters. The van der Waals surface area contributed by atoms with E-state index in [0.29, 0.717) is 24.2 Å². The van der Waals surface area contributed by atoms with Gasteiger partial charge in [-0.15, -0.1) is 0 Å². The number of ketones is 1. The van der Waals surface area contributed by atoms with Gasteiger partial charge < -0.3 is 24.5 Å². The number of Topliss-reactive ketones (excluding diaryl/α,β-unsaturated/α-hetero) is 1. The molecule has 1 aromatic carbocycles. The largest absolute Gasteiger partial charge is 0.497 e. The Hall–Kier alpha value is -2.57. The average molecular weight is 392 g/mol. The first-order chi connectivity index (χ1) is 13.0. The smallest absolute Gasteiger partial charge is 0.410 e. The van der Waals surface area contributed by atoms with Gasteiger partial charge in [-0.3, -0.25) is 4.79 Å². The van der Waals surface area contributed by atoms with E-state index in [1.54, 1.807) is 57.0 Å². The maximum atomic E-state index is 12.6. The van der Waals surface area contributed by atoms with Gasteiger partial charge in [-0.25, -0.2) is 4.79 Å². The summed E-state index contributed by atoms with van der Waals surface area (Å²) in [5.41, 5.74) is -0.114. The highest BCUT2D eigenvalue weighted by Gasteiger charge is 2.26. The summed E-state index contributed by atoms with van der Waals surface area (Å²) in [4.78, 5) is 37.7. The topological polar surface area (TPSA) is 84.9 Å². The summed E-state index contributed by atoms with van der Waals surface area (Å²) < 4.78 is 10.6. The van der Waals surface area contributed by atoms with Crippen molar-refractivity contribution in [3.8, 4) is 5.75 Å². The summed E-state index contributed by atoms with van der Waals surface area (Å²) in [5.74, 6) is 0.513. The van der Waals surface area contributed by atoms with E-state index >= 15 is 0 Å². The van der Waals surface area contributed by atoms with Crippen molar-refractivity contribution in [3.05, 3.63) is 29.8 Å². The molecular weight excluding hydrogens is 360 g/mol. The molecule has 0 aliphatic carbocycles. The molecule has 0 aliphatic rings. The van der Waals surface area contributed by atoms with Crippen molar-refractivity contribution in [1.29, 1.82) is 0 Å². The third kappa shape index (κ3) is 8.41. The van der Waals surface area contributed by atoms with Crippen LogP contribution in [0, 0.1) is 0 Å². The molecule has 28 heavy (non-hydrogen) atoms. The number of carbonyl (C=O) groups excluding carboxylic acids is 3. The van der Waals surface area contributed by atoms with E-state index in [1.165, 1.54) is 6.92 Å². The van der Waals surface area contributed by atoms with Crippen LogP contribution in [0.1, 0.15) is 57.8 Å². The molecule has 1 rings (SSSR count). The third-order valence-corrected chi connectivity index (χ3v) is 4.06. The molecule has 2 amide bonds. The van der Waals surface area contributed by atoms with E-state index in [1.807, 2.05) is 6.92 Å². The fourth-order valence-corrected chi connectivity index (χ4v) is 2.51. The van der Waals surface area contributed by atoms with Crippen LogP contribution < -0.4 is 10.1 Å². The number of amides is 2. The van der Waals surface area contributed by atoms with Crippen molar-refractivity contribution < 1.29 is 23.9 Å². The quantitative estimate of drug-likeness (QED) is 0.696. The SMILES string of the molecule is COc1ccc(C(=O)NCCN(C(=O)OC(C)(C)C)C(C)CCC(C)=O)cc1. The lowest BCUT2D eigenvalue weighted by Crippen LogP contribution is -2.46. The molecule has 0 bridgehead atoms. The minimum absolute atomic E-state index is 0.0730. The zero-order chi connectivity index (χ0) is 21.3. The Morgan fingerprint density at radius 3 is 2.25 bits per heavy atom. The van der Waals surface area contributed by atoms with Crippen molar-refractivity contribution >= 4 is 17.8 Å². The van der Waals surface area contributed by atoms with Gasteiger partial charge in [-0.05, 0) is 65.3 Å². The Morgan fingerprint density at radius 2 is 1.75 bits per heavy atom. The average Bonchev–Trinajstić information content (AvgIpc) is 2.61. The molecule has 1 N–H and O–H groups in total. The number of nitrogens with one attached hydrogen (secondary N) is 1. The molecule has 7 heteroatoms. The molecule has 0 aromatic heterocycles. The fourth-order valence-electron chi connectivity index (χ4n) is 2.51. The summed E-state index contributed by atoms with van der Waals surface area (Å²) in [6.45, 7) is 9.36. The van der Waals surface area contributed by atoms with Gasteiger partial charge in [-0.2, -0.15) is 0 Å². The molecule has 0 aliphatic heterocycles. The van der Waals surface area contributed by atoms with Crippen LogP contribution in [0.25, 0.3) is 0 Å². The van der Waals surface area contributed by atoms with Gasteiger partial charge in [0.05, 0.1) is 7.11 Å². The first-order valence-corrected chi connectivity index (χ1v) is 9.45. The van der Waals surface area contributed by atoms with E-state index in [-0.39, 0.29) is 30.8 Å². The Kier molecular flexibility index (Phi) is 8.96. The predicted octanol–water partition coefficient (Wildman–Crippen LogP) is 3.42. The fraction of sp³-hybridized carbons (Fsp3) is 0.571. The third-order valence-electron chi connectivity index (χ3n) is 4.06. The number of nitrogens with zero attached hydrogens (tertiary/aromatic N) is 1. The van der Waals surface area contributed by atoms with Gasteiger partial charge in [0.25, 0.3) is 5.91 Å². The molecule has 7 nitrogen and oxygen atoms in total. The summed E-state index contributed by atoms with van der Waals surface area (Å²) in [5, 5.41) is 2.81. The lowest BCUT2D eigenvalue weighted by atomic mass is 10.1. The van der Waals surface area contributed by atoms with Gasteiger partial charge >= 0.3 is 6.09 Å². The van der Waals surface area contributed by atoms with Crippen molar-refractivity contribution in [3.63, 3.8) is 0 Å². The highest BCUT2D eigenvalue weighted by molar-refractivity contribution is 5.94. The second-order valence-corrected chi connectivity index (χ2v) is 7.75. The molecule has 0 fully saturated rings. The van der Waals surface area contributed by atoms with Crippen LogP contribution in [-0.4, -0.2) is 54.5 Å². The molecule has 0 radical (unpaired) electrons. The first-order valence-electron chi connectivity index (χ1n) is 9.45. The maximum absolute atomic E-state index is 12.6. The zero-order valence-corrected chi connectivity index (χ0v) is 17.7. The summed E-state index contributed by atoms with van der Waals surface area (Å²) in [7, 11) is 1.56. The van der Waals surface area contributed by atoms with Crippen LogP contribution in [0.5, 0.6) is 5.75 Å². The number of hydrogen-bond donors (Lipinski definition) is 1. The van der Waals surface area contributed by atoms with Gasteiger partial charge in [0, 0.05) is 31.1 Å². The van der Waals surface area contributed by atoms with Crippen LogP contribution in [0.3, 0.4) is 0 Å². The van der Waals surface area contributed by atoms with Crippen LogP contribution in [0.2, 0.25) is 0 Å². The Morgan fingerprint density at radius 1 is 1.14 bits per heavy atom. The molecule has 0 spiro atoms. The van der Waals surface area contributed by atoms with Gasteiger partial charge in [0.2, 0.25) is 0 Å². The van der Waals surface area contributed by atoms with Crippen LogP contribution >= 0.6 is 0 Å². The molecule has 0 saturated carbocycles. The molecule has 1 atom stereocenters. The first kappa shape index (κ1) is 23.5. The van der Waals surface area contributed by atoms with Gasteiger partial charge in [0.15, 0.2) is 0 Å². The minimum atomic E-state index is -0.623. The Bertz CT molecular complexity index is 664. The Balaban J connectivity index is 2.69. The van der Waals surface area contributed by atoms with E-state index in [2.05, 4.69) is 5.32 Å². The van der Waals surface area contributed by atoms with Crippen LogP contribution in [0.15, 0.2) is 24.3 Å². The Labute approximate surface area is 167 Å². The van der Waals surface area contributed by atoms with Gasteiger partial charge in [0.1, 0.15) is 17.1 Å². The lowest BCUT2D eigenvalue weighted by molar-refractivity contribution is -0.117. The van der Waals surface area contributed by atoms with Crippen molar-refractivity contribution in [2.45, 2.75) is 59.1 Å². The highest BCUT2D eigenvalue weighted by atomic mass is 16.6. The highest BCUT2D eigenvalue weighted by Crippen LogP contribution is 2.15. The summed E-state index contributed by atoms with van der Waals surface area (Å²) in [6, 6.07) is 6.60. The second kappa shape index (κ2) is 10.7. The zero-order valence-electron chi connectivity index (χ0n) is 17.7. The predicted molar refractivity (Wildman–Crippen MR) is 108 cm³/mol. The number of ether oxygens (including phenoxy) is 2. The molecule has 0 saturated heterocycles. The maximum Gasteiger partial charge on any atom is 0.410 e. The van der Waals surface area contributed by atoms with E-state index in [4.69, 9.17) is 9.47 Å². The standard InChI is InChI=1S/C21H32N2O5/c1-15(7-8-16(2)24)23(20(26)28-21(3,4)5)14-13-22-19(25)17-9-11-18(27-6)12-10-17/h9-12,15H,7-8,13-14H2,1-6H3,(H,22,25). The lowest BCUT2D eigenvalue weighted by Gasteiger charge is -2.31. The summed E-state index contributed by atoms with van der Waals surface area (Å²) >= 11 is 0. The normalized spacial score (nSPS) is 12.1. The minimum Gasteiger partial charge on any atom is -0.497 e. The molecule has 156 valence electrons. The van der Waals surface area contributed by atoms with Crippen molar-refractivity contribution in [1.82, 2.24) is 10.2 Å². The second-order valence-electron chi connectivity index (χ2n) is 7.75. The molecule has 0 heterocycles. The number of hydrogen-bond acceptors (Lipinski definition) is 5. The number of carbonyl (C=O) groups is 3.